The van der Waals surface area contributed by atoms with Crippen molar-refractivity contribution < 1.29 is 8.78 Å². The van der Waals surface area contributed by atoms with E-state index < -0.39 is 5.76 Å². The van der Waals surface area contributed by atoms with Gasteiger partial charge in [-0.1, -0.05) is 23.9 Å². The topological polar surface area (TPSA) is 42.7 Å². The molecule has 1 aromatic heterocycles. The Labute approximate surface area is 132 Å². The highest BCUT2D eigenvalue weighted by atomic mass is 32.2. The van der Waals surface area contributed by atoms with Gasteiger partial charge in [0.05, 0.1) is 6.04 Å². The van der Waals surface area contributed by atoms with E-state index in [0.29, 0.717) is 23.2 Å². The van der Waals surface area contributed by atoms with Gasteiger partial charge in [-0.05, 0) is 37.5 Å². The average Bonchev–Trinajstić information content (AvgIpc) is 2.88. The van der Waals surface area contributed by atoms with E-state index >= 15 is 0 Å². The zero-order chi connectivity index (χ0) is 15.5. The molecular formula is C15H18F2N4S. The summed E-state index contributed by atoms with van der Waals surface area (Å²) in [5, 5.41) is 11.9. The molecule has 0 fully saturated rings. The van der Waals surface area contributed by atoms with Crippen LogP contribution in [-0.4, -0.2) is 20.5 Å². The van der Waals surface area contributed by atoms with Crippen LogP contribution < -0.4 is 5.32 Å². The van der Waals surface area contributed by atoms with E-state index in [1.54, 1.807) is 12.1 Å². The Morgan fingerprint density at radius 2 is 2.09 bits per heavy atom. The lowest BCUT2D eigenvalue weighted by Crippen LogP contribution is -2.28. The summed E-state index contributed by atoms with van der Waals surface area (Å²) in [5.41, 5.74) is 1.08. The molecule has 1 aromatic carbocycles. The Morgan fingerprint density at radius 3 is 2.82 bits per heavy atom. The van der Waals surface area contributed by atoms with Crippen LogP contribution in [0.3, 0.4) is 0 Å². The van der Waals surface area contributed by atoms with Crippen molar-refractivity contribution in [3.63, 3.8) is 0 Å². The first-order valence-electron chi connectivity index (χ1n) is 7.30. The van der Waals surface area contributed by atoms with Gasteiger partial charge in [0, 0.05) is 18.0 Å². The summed E-state index contributed by atoms with van der Waals surface area (Å²) in [6.45, 7) is 3.64. The van der Waals surface area contributed by atoms with E-state index in [9.17, 15) is 8.78 Å². The van der Waals surface area contributed by atoms with Gasteiger partial charge >= 0.3 is 0 Å². The average molecular weight is 324 g/mol. The Bertz CT molecular complexity index is 627. The monoisotopic (exact) mass is 324 g/mol. The minimum atomic E-state index is -2.37. The zero-order valence-corrected chi connectivity index (χ0v) is 13.1. The van der Waals surface area contributed by atoms with Crippen LogP contribution in [-0.2, 0) is 13.1 Å². The Hall–Kier alpha value is -1.47. The molecule has 0 saturated heterocycles. The number of fused-ring (bicyclic) bond motifs is 1. The van der Waals surface area contributed by atoms with Crippen LogP contribution in [0.4, 0.5) is 8.78 Å². The number of rotatable bonds is 5. The molecule has 0 bridgehead atoms. The molecule has 2 aromatic rings. The van der Waals surface area contributed by atoms with Gasteiger partial charge in [0.15, 0.2) is 0 Å². The van der Waals surface area contributed by atoms with E-state index in [2.05, 4.69) is 20.1 Å². The molecule has 0 unspecified atom stereocenters. The maximum Gasteiger partial charge on any atom is 0.288 e. The van der Waals surface area contributed by atoms with Crippen molar-refractivity contribution in [2.45, 2.75) is 49.5 Å². The molecule has 1 aliphatic heterocycles. The maximum absolute atomic E-state index is 12.3. The lowest BCUT2D eigenvalue weighted by molar-refractivity contribution is 0.252. The predicted molar refractivity (Wildman–Crippen MR) is 81.9 cm³/mol. The first-order chi connectivity index (χ1) is 10.6. The van der Waals surface area contributed by atoms with Crippen LogP contribution in [0.1, 0.15) is 36.1 Å². The highest BCUT2D eigenvalue weighted by molar-refractivity contribution is 7.99. The van der Waals surface area contributed by atoms with Gasteiger partial charge in [-0.2, -0.15) is 8.78 Å². The van der Waals surface area contributed by atoms with Crippen molar-refractivity contribution in [2.24, 2.45) is 0 Å². The van der Waals surface area contributed by atoms with Crippen LogP contribution in [0.5, 0.6) is 0 Å². The number of thioether (sulfide) groups is 1. The van der Waals surface area contributed by atoms with Gasteiger partial charge in [-0.3, -0.25) is 0 Å². The lowest BCUT2D eigenvalue weighted by atomic mass is 10.1. The van der Waals surface area contributed by atoms with E-state index in [1.807, 2.05) is 19.1 Å². The summed E-state index contributed by atoms with van der Waals surface area (Å²) in [6.07, 6.45) is 2.14. The number of aromatic nitrogens is 3. The summed E-state index contributed by atoms with van der Waals surface area (Å²) >= 11 is 0.571. The smallest absolute Gasteiger partial charge is 0.288 e. The van der Waals surface area contributed by atoms with Crippen molar-refractivity contribution in [3.05, 3.63) is 41.5 Å². The zero-order valence-electron chi connectivity index (χ0n) is 12.3. The van der Waals surface area contributed by atoms with Crippen molar-refractivity contribution in [1.82, 2.24) is 20.1 Å². The molecule has 1 N–H and O–H groups in total. The molecular weight excluding hydrogens is 306 g/mol. The summed E-state index contributed by atoms with van der Waals surface area (Å²) in [7, 11) is 0. The van der Waals surface area contributed by atoms with Gasteiger partial charge in [0.2, 0.25) is 0 Å². The molecule has 118 valence electrons. The first-order valence-corrected chi connectivity index (χ1v) is 8.18. The van der Waals surface area contributed by atoms with Gasteiger partial charge in [-0.25, -0.2) is 0 Å². The first kappa shape index (κ1) is 15.4. The number of nitrogens with zero attached hydrogens (tertiary/aromatic N) is 3. The van der Waals surface area contributed by atoms with E-state index in [4.69, 9.17) is 0 Å². The number of hydrogen-bond acceptors (Lipinski definition) is 4. The summed E-state index contributed by atoms with van der Waals surface area (Å²) < 4.78 is 26.7. The van der Waals surface area contributed by atoms with Gasteiger partial charge < -0.3 is 9.88 Å². The summed E-state index contributed by atoms with van der Waals surface area (Å²) in [6, 6.07) is 7.44. The third-order valence-corrected chi connectivity index (χ3v) is 4.57. The number of nitrogens with one attached hydrogen (secondary N) is 1. The quantitative estimate of drug-likeness (QED) is 0.855. The van der Waals surface area contributed by atoms with Crippen molar-refractivity contribution in [1.29, 1.82) is 0 Å². The molecule has 0 aliphatic carbocycles. The van der Waals surface area contributed by atoms with Crippen LogP contribution in [0.25, 0.3) is 0 Å². The van der Waals surface area contributed by atoms with Gasteiger partial charge in [0.25, 0.3) is 5.76 Å². The van der Waals surface area contributed by atoms with Crippen molar-refractivity contribution in [3.8, 4) is 0 Å². The lowest BCUT2D eigenvalue weighted by Gasteiger charge is -2.24. The number of benzene rings is 1. The Balaban J connectivity index is 1.61. The molecule has 0 spiro atoms. The fraction of sp³-hybridized carbons (Fsp3) is 0.467. The second-order valence-corrected chi connectivity index (χ2v) is 6.42. The highest BCUT2D eigenvalue weighted by Gasteiger charge is 2.23. The molecule has 3 rings (SSSR count). The van der Waals surface area contributed by atoms with Crippen LogP contribution in [0.2, 0.25) is 0 Å². The minimum Gasteiger partial charge on any atom is -0.314 e. The Morgan fingerprint density at radius 1 is 1.32 bits per heavy atom. The van der Waals surface area contributed by atoms with Gasteiger partial charge in [-0.15, -0.1) is 10.2 Å². The third kappa shape index (κ3) is 3.47. The third-order valence-electron chi connectivity index (χ3n) is 3.85. The van der Waals surface area contributed by atoms with Crippen molar-refractivity contribution in [2.75, 3.05) is 0 Å². The fourth-order valence-corrected chi connectivity index (χ4v) is 3.24. The molecule has 0 radical (unpaired) electrons. The second kappa shape index (κ2) is 6.75. The number of aryl methyl sites for hydroxylation is 1. The molecule has 1 aliphatic rings. The van der Waals surface area contributed by atoms with Crippen LogP contribution in [0.15, 0.2) is 29.2 Å². The summed E-state index contributed by atoms with van der Waals surface area (Å²) in [5.74, 6) is -0.427. The molecule has 0 saturated carbocycles. The predicted octanol–water partition coefficient (Wildman–Crippen LogP) is 3.53. The van der Waals surface area contributed by atoms with Crippen molar-refractivity contribution >= 4 is 11.8 Å². The molecule has 1 atom stereocenters. The van der Waals surface area contributed by atoms with E-state index in [-0.39, 0.29) is 6.04 Å². The largest absolute Gasteiger partial charge is 0.314 e. The highest BCUT2D eigenvalue weighted by Crippen LogP contribution is 2.26. The minimum absolute atomic E-state index is 0.199. The molecule has 22 heavy (non-hydrogen) atoms. The molecule has 2 heterocycles. The standard InChI is InChI=1S/C15H18F2N4S/c1-10-19-20-14-13(3-2-8-21(10)14)18-9-11-4-6-12(7-5-11)22-15(16)17/h4-7,13,15,18H,2-3,8-9H2,1H3/t13-/m0/s1. The van der Waals surface area contributed by atoms with E-state index in [0.717, 1.165) is 36.6 Å². The van der Waals surface area contributed by atoms with Gasteiger partial charge in [0.1, 0.15) is 11.6 Å². The number of halogens is 2. The molecule has 0 amide bonds. The summed E-state index contributed by atoms with van der Waals surface area (Å²) in [4.78, 5) is 0.590. The van der Waals surface area contributed by atoms with E-state index in [1.165, 1.54) is 0 Å². The number of hydrogen-bond donors (Lipinski definition) is 1. The molecule has 7 heteroatoms. The molecule has 4 nitrogen and oxygen atoms in total. The fourth-order valence-electron chi connectivity index (χ4n) is 2.74. The van der Waals surface area contributed by atoms with Crippen LogP contribution in [0, 0.1) is 6.92 Å². The normalized spacial score (nSPS) is 17.7. The number of alkyl halides is 2. The second-order valence-electron chi connectivity index (χ2n) is 5.36. The Kier molecular flexibility index (Phi) is 4.73. The maximum atomic E-state index is 12.3. The van der Waals surface area contributed by atoms with Crippen LogP contribution >= 0.6 is 11.8 Å². The SMILES string of the molecule is Cc1nnc2n1CCC[C@@H]2NCc1ccc(SC(F)F)cc1.